The van der Waals surface area contributed by atoms with Gasteiger partial charge < -0.3 is 10.4 Å². The Kier molecular flexibility index (Phi) is 4.98. The van der Waals surface area contributed by atoms with Crippen molar-refractivity contribution in [3.05, 3.63) is 34.1 Å². The highest BCUT2D eigenvalue weighted by Crippen LogP contribution is 2.32. The molecule has 4 nitrogen and oxygen atoms in total. The molecular formula is C15H17BrFNO3. The third kappa shape index (κ3) is 4.03. The molecule has 0 heterocycles. The maximum absolute atomic E-state index is 13.3. The maximum atomic E-state index is 13.3. The smallest absolute Gasteiger partial charge is 0.305 e. The number of amides is 1. The molecule has 6 heteroatoms. The van der Waals surface area contributed by atoms with Gasteiger partial charge in [0.2, 0.25) is 0 Å². The number of nitrogens with one attached hydrogen (secondary N) is 1. The van der Waals surface area contributed by atoms with E-state index in [9.17, 15) is 14.0 Å². The standard InChI is InChI=1S/C15H17BrFNO3/c16-12-5-4-10(17)8-11(12)14(21)18-15(9-13(19)20)6-2-1-3-7-15/h4-5,8H,1-3,6-7,9H2,(H,18,21)(H,19,20). The molecular weight excluding hydrogens is 341 g/mol. The van der Waals surface area contributed by atoms with Crippen LogP contribution in [0, 0.1) is 5.82 Å². The number of rotatable bonds is 4. The lowest BCUT2D eigenvalue weighted by Crippen LogP contribution is -2.51. The van der Waals surface area contributed by atoms with E-state index in [0.29, 0.717) is 17.3 Å². The van der Waals surface area contributed by atoms with Crippen LogP contribution in [0.5, 0.6) is 0 Å². The van der Waals surface area contributed by atoms with Crippen LogP contribution in [0.3, 0.4) is 0 Å². The van der Waals surface area contributed by atoms with Gasteiger partial charge in [0.1, 0.15) is 5.82 Å². The Balaban J connectivity index is 2.21. The molecule has 0 aliphatic heterocycles. The van der Waals surface area contributed by atoms with Crippen LogP contribution >= 0.6 is 15.9 Å². The van der Waals surface area contributed by atoms with E-state index in [-0.39, 0.29) is 12.0 Å². The minimum Gasteiger partial charge on any atom is -0.481 e. The third-order valence-corrected chi connectivity index (χ3v) is 4.54. The monoisotopic (exact) mass is 357 g/mol. The lowest BCUT2D eigenvalue weighted by molar-refractivity contribution is -0.139. The molecule has 2 rings (SSSR count). The molecule has 1 aliphatic rings. The summed E-state index contributed by atoms with van der Waals surface area (Å²) in [5.41, 5.74) is -0.544. The number of halogens is 2. The number of aliphatic carboxylic acids is 1. The zero-order chi connectivity index (χ0) is 15.5. The van der Waals surface area contributed by atoms with Gasteiger partial charge in [-0.15, -0.1) is 0 Å². The summed E-state index contributed by atoms with van der Waals surface area (Å²) in [6.07, 6.45) is 3.98. The SMILES string of the molecule is O=C(O)CC1(NC(=O)c2cc(F)ccc2Br)CCCCC1. The first kappa shape index (κ1) is 15.9. The predicted octanol–water partition coefficient (Wildman–Crippen LogP) is 3.50. The molecule has 0 bridgehead atoms. The van der Waals surface area contributed by atoms with Gasteiger partial charge >= 0.3 is 5.97 Å². The van der Waals surface area contributed by atoms with Gasteiger partial charge in [0.25, 0.3) is 5.91 Å². The molecule has 0 aromatic heterocycles. The van der Waals surface area contributed by atoms with Crippen LogP contribution in [0.2, 0.25) is 0 Å². The molecule has 1 amide bonds. The third-order valence-electron chi connectivity index (χ3n) is 3.85. The largest absolute Gasteiger partial charge is 0.481 e. The molecule has 1 saturated carbocycles. The summed E-state index contributed by atoms with van der Waals surface area (Å²) in [7, 11) is 0. The predicted molar refractivity (Wildman–Crippen MR) is 79.6 cm³/mol. The zero-order valence-corrected chi connectivity index (χ0v) is 13.1. The second-order valence-corrected chi connectivity index (χ2v) is 6.34. The van der Waals surface area contributed by atoms with Crippen molar-refractivity contribution in [2.45, 2.75) is 44.1 Å². The summed E-state index contributed by atoms with van der Waals surface area (Å²) < 4.78 is 13.8. The van der Waals surface area contributed by atoms with Gasteiger partial charge in [0.15, 0.2) is 0 Å². The van der Waals surface area contributed by atoms with E-state index in [4.69, 9.17) is 5.11 Å². The van der Waals surface area contributed by atoms with Crippen molar-refractivity contribution >= 4 is 27.8 Å². The van der Waals surface area contributed by atoms with Crippen LogP contribution in [-0.2, 0) is 4.79 Å². The minimum absolute atomic E-state index is 0.105. The van der Waals surface area contributed by atoms with E-state index in [0.717, 1.165) is 25.3 Å². The second-order valence-electron chi connectivity index (χ2n) is 5.49. The summed E-state index contributed by atoms with van der Waals surface area (Å²) >= 11 is 3.22. The Labute approximate surface area is 130 Å². The van der Waals surface area contributed by atoms with Gasteiger partial charge in [0.05, 0.1) is 17.5 Å². The molecule has 0 unspecified atom stereocenters. The highest BCUT2D eigenvalue weighted by molar-refractivity contribution is 9.10. The zero-order valence-electron chi connectivity index (χ0n) is 11.5. The van der Waals surface area contributed by atoms with Crippen LogP contribution in [-0.4, -0.2) is 22.5 Å². The van der Waals surface area contributed by atoms with Crippen LogP contribution in [0.1, 0.15) is 48.9 Å². The van der Waals surface area contributed by atoms with Gasteiger partial charge in [-0.3, -0.25) is 9.59 Å². The van der Waals surface area contributed by atoms with Crippen LogP contribution in [0.4, 0.5) is 4.39 Å². The van der Waals surface area contributed by atoms with E-state index in [2.05, 4.69) is 21.2 Å². The summed E-state index contributed by atoms with van der Waals surface area (Å²) in [6.45, 7) is 0. The molecule has 1 fully saturated rings. The summed E-state index contributed by atoms with van der Waals surface area (Å²) in [4.78, 5) is 23.5. The number of carboxylic acid groups (broad SMARTS) is 1. The van der Waals surface area contributed by atoms with E-state index in [1.54, 1.807) is 0 Å². The average molecular weight is 358 g/mol. The van der Waals surface area contributed by atoms with E-state index >= 15 is 0 Å². The second kappa shape index (κ2) is 6.56. The number of carbonyl (C=O) groups is 2. The highest BCUT2D eigenvalue weighted by Gasteiger charge is 2.36. The van der Waals surface area contributed by atoms with E-state index < -0.39 is 23.2 Å². The van der Waals surface area contributed by atoms with Crippen molar-refractivity contribution in [3.8, 4) is 0 Å². The first-order valence-corrected chi connectivity index (χ1v) is 7.71. The first-order valence-electron chi connectivity index (χ1n) is 6.91. The number of benzene rings is 1. The lowest BCUT2D eigenvalue weighted by atomic mass is 9.79. The van der Waals surface area contributed by atoms with Gasteiger partial charge in [-0.1, -0.05) is 19.3 Å². The fraction of sp³-hybridized carbons (Fsp3) is 0.467. The molecule has 1 aromatic rings. The fourth-order valence-electron chi connectivity index (χ4n) is 2.84. The summed E-state index contributed by atoms with van der Waals surface area (Å²) in [6, 6.07) is 3.88. The Morgan fingerprint density at radius 3 is 2.57 bits per heavy atom. The maximum Gasteiger partial charge on any atom is 0.305 e. The van der Waals surface area contributed by atoms with Crippen molar-refractivity contribution in [2.75, 3.05) is 0 Å². The number of hydrogen-bond acceptors (Lipinski definition) is 2. The molecule has 0 atom stereocenters. The molecule has 114 valence electrons. The molecule has 21 heavy (non-hydrogen) atoms. The highest BCUT2D eigenvalue weighted by atomic mass is 79.9. The van der Waals surface area contributed by atoms with Crippen LogP contribution in [0.15, 0.2) is 22.7 Å². The van der Waals surface area contributed by atoms with Gasteiger partial charge in [-0.25, -0.2) is 4.39 Å². The number of hydrogen-bond donors (Lipinski definition) is 2. The van der Waals surface area contributed by atoms with Crippen molar-refractivity contribution in [1.29, 1.82) is 0 Å². The van der Waals surface area contributed by atoms with Crippen LogP contribution in [0.25, 0.3) is 0 Å². The van der Waals surface area contributed by atoms with Crippen molar-refractivity contribution in [1.82, 2.24) is 5.32 Å². The molecule has 1 aliphatic carbocycles. The minimum atomic E-state index is -0.935. The van der Waals surface area contributed by atoms with E-state index in [1.807, 2.05) is 0 Å². The molecule has 0 radical (unpaired) electrons. The Hall–Kier alpha value is -1.43. The van der Waals surface area contributed by atoms with Crippen molar-refractivity contribution < 1.29 is 19.1 Å². The quantitative estimate of drug-likeness (QED) is 0.866. The number of carboxylic acids is 1. The van der Waals surface area contributed by atoms with Gasteiger partial charge in [0, 0.05) is 4.47 Å². The molecule has 0 saturated heterocycles. The van der Waals surface area contributed by atoms with Crippen LogP contribution < -0.4 is 5.32 Å². The Morgan fingerprint density at radius 2 is 1.95 bits per heavy atom. The molecule has 0 spiro atoms. The van der Waals surface area contributed by atoms with E-state index in [1.165, 1.54) is 12.1 Å². The average Bonchev–Trinajstić information content (AvgIpc) is 2.41. The normalized spacial score (nSPS) is 17.2. The Bertz CT molecular complexity index is 556. The first-order chi connectivity index (χ1) is 9.92. The molecule has 2 N–H and O–H groups in total. The number of carbonyl (C=O) groups excluding carboxylic acids is 1. The summed E-state index contributed by atoms with van der Waals surface area (Å²) in [5, 5.41) is 11.9. The molecule has 1 aromatic carbocycles. The van der Waals surface area contributed by atoms with Gasteiger partial charge in [-0.05, 0) is 47.0 Å². The lowest BCUT2D eigenvalue weighted by Gasteiger charge is -2.37. The summed E-state index contributed by atoms with van der Waals surface area (Å²) in [5.74, 6) is -1.88. The van der Waals surface area contributed by atoms with Gasteiger partial charge in [-0.2, -0.15) is 0 Å². The fourth-order valence-corrected chi connectivity index (χ4v) is 3.27. The van der Waals surface area contributed by atoms with Crippen molar-refractivity contribution in [3.63, 3.8) is 0 Å². The van der Waals surface area contributed by atoms with Crippen molar-refractivity contribution in [2.24, 2.45) is 0 Å². The Morgan fingerprint density at radius 1 is 1.29 bits per heavy atom. The topological polar surface area (TPSA) is 66.4 Å².